The average Bonchev–Trinajstić information content (AvgIpc) is 3.38. The number of halogens is 1. The first-order valence-electron chi connectivity index (χ1n) is 11.6. The molecule has 1 amide bonds. The number of carbonyl (C=O) groups excluding carboxylic acids is 1. The minimum atomic E-state index is -0.272. The van der Waals surface area contributed by atoms with Gasteiger partial charge in [0, 0.05) is 20.3 Å². The second-order valence-electron chi connectivity index (χ2n) is 8.53. The molecule has 0 aliphatic carbocycles. The minimum Gasteiger partial charge on any atom is -0.316 e. The van der Waals surface area contributed by atoms with Crippen molar-refractivity contribution >= 4 is 67.2 Å². The Morgan fingerprint density at radius 3 is 2.47 bits per heavy atom. The summed E-state index contributed by atoms with van der Waals surface area (Å²) < 4.78 is 1.56. The number of rotatable bonds is 6. The maximum absolute atomic E-state index is 14.0. The summed E-state index contributed by atoms with van der Waals surface area (Å²) in [7, 11) is 0. The van der Waals surface area contributed by atoms with Gasteiger partial charge in [-0.2, -0.15) is 5.26 Å². The van der Waals surface area contributed by atoms with E-state index in [1.807, 2.05) is 63.2 Å². The molecule has 190 valence electrons. The van der Waals surface area contributed by atoms with Gasteiger partial charge in [-0.3, -0.25) is 14.2 Å². The van der Waals surface area contributed by atoms with Crippen molar-refractivity contribution in [3.8, 4) is 22.9 Å². The Labute approximate surface area is 236 Å². The summed E-state index contributed by atoms with van der Waals surface area (Å²) in [4.78, 5) is 34.4. The number of nitrogens with zero attached hydrogens (tertiary/aromatic N) is 3. The lowest BCUT2D eigenvalue weighted by molar-refractivity contribution is -0.113. The van der Waals surface area contributed by atoms with Gasteiger partial charge in [-0.1, -0.05) is 53.7 Å². The number of anilines is 1. The van der Waals surface area contributed by atoms with E-state index in [2.05, 4.69) is 11.4 Å². The lowest BCUT2D eigenvalue weighted by Gasteiger charge is -2.13. The van der Waals surface area contributed by atoms with Crippen molar-refractivity contribution in [3.63, 3.8) is 0 Å². The van der Waals surface area contributed by atoms with Crippen LogP contribution in [0.2, 0.25) is 5.02 Å². The fraction of sp³-hybridized carbons (Fsp3) is 0.143. The van der Waals surface area contributed by atoms with Crippen LogP contribution in [-0.4, -0.2) is 21.2 Å². The number of aryl methyl sites for hydroxylation is 2. The van der Waals surface area contributed by atoms with E-state index in [0.29, 0.717) is 36.6 Å². The fourth-order valence-corrected chi connectivity index (χ4v) is 7.20. The van der Waals surface area contributed by atoms with Gasteiger partial charge < -0.3 is 5.32 Å². The Hall–Kier alpha value is -3.42. The van der Waals surface area contributed by atoms with Crippen LogP contribution >= 0.6 is 46.0 Å². The Bertz CT molecular complexity index is 1780. The van der Waals surface area contributed by atoms with E-state index in [-0.39, 0.29) is 17.2 Å². The normalized spacial score (nSPS) is 11.0. The van der Waals surface area contributed by atoms with Gasteiger partial charge in [0.1, 0.15) is 15.9 Å². The van der Waals surface area contributed by atoms with Gasteiger partial charge in [-0.15, -0.1) is 22.7 Å². The Morgan fingerprint density at radius 2 is 1.79 bits per heavy atom. The monoisotopic (exact) mass is 576 g/mol. The van der Waals surface area contributed by atoms with E-state index >= 15 is 0 Å². The van der Waals surface area contributed by atoms with Gasteiger partial charge >= 0.3 is 0 Å². The summed E-state index contributed by atoms with van der Waals surface area (Å²) in [6.45, 7) is 5.76. The summed E-state index contributed by atoms with van der Waals surface area (Å²) in [6, 6.07) is 18.9. The number of thiophene rings is 2. The molecule has 3 aromatic heterocycles. The van der Waals surface area contributed by atoms with Crippen molar-refractivity contribution in [3.05, 3.63) is 90.9 Å². The molecule has 10 heteroatoms. The van der Waals surface area contributed by atoms with Gasteiger partial charge in [0.05, 0.1) is 22.4 Å². The lowest BCUT2D eigenvalue weighted by atomic mass is 10.0. The fourth-order valence-electron chi connectivity index (χ4n) is 4.15. The number of fused-ring (bicyclic) bond motifs is 1. The van der Waals surface area contributed by atoms with E-state index in [1.165, 1.54) is 34.4 Å². The topological polar surface area (TPSA) is 87.8 Å². The minimum absolute atomic E-state index is 0.0278. The number of thioether (sulfide) groups is 1. The van der Waals surface area contributed by atoms with Crippen LogP contribution in [0.4, 0.5) is 5.00 Å². The van der Waals surface area contributed by atoms with Crippen LogP contribution in [0.15, 0.2) is 64.5 Å². The van der Waals surface area contributed by atoms with E-state index in [4.69, 9.17) is 16.6 Å². The van der Waals surface area contributed by atoms with Crippen molar-refractivity contribution in [2.45, 2.75) is 25.9 Å². The highest BCUT2D eigenvalue weighted by molar-refractivity contribution is 7.99. The van der Waals surface area contributed by atoms with Crippen molar-refractivity contribution < 1.29 is 4.79 Å². The summed E-state index contributed by atoms with van der Waals surface area (Å²) in [5.41, 5.74) is 3.55. The second-order valence-corrected chi connectivity index (χ2v) is 12.3. The molecule has 0 fully saturated rings. The summed E-state index contributed by atoms with van der Waals surface area (Å²) >= 11 is 10.1. The number of carbonyl (C=O) groups is 1. The molecule has 0 saturated carbocycles. The summed E-state index contributed by atoms with van der Waals surface area (Å²) in [5.74, 6) is -0.244. The average molecular weight is 577 g/mol. The maximum atomic E-state index is 14.0. The zero-order valence-corrected chi connectivity index (χ0v) is 23.9. The van der Waals surface area contributed by atoms with Crippen LogP contribution in [0.25, 0.3) is 27.0 Å². The number of benzene rings is 2. The van der Waals surface area contributed by atoms with Crippen LogP contribution in [-0.2, 0) is 4.79 Å². The molecule has 5 rings (SSSR count). The molecule has 0 atom stereocenters. The van der Waals surface area contributed by atoms with Crippen molar-refractivity contribution in [1.82, 2.24) is 9.55 Å². The standard InChI is InChI=1S/C28H21ClN4O2S3/c1-15-16(2)37-25(21(15)13-30)31-22(34)14-36-28-32-26-24(27(35)33(28)20-7-5-4-6-8-20)23(17(3)38-26)18-9-11-19(29)12-10-18/h4-12H,14H2,1-3H3,(H,31,34). The van der Waals surface area contributed by atoms with Crippen LogP contribution < -0.4 is 10.9 Å². The number of hydrogen-bond acceptors (Lipinski definition) is 7. The zero-order chi connectivity index (χ0) is 27.0. The molecule has 0 aliphatic heterocycles. The van der Waals surface area contributed by atoms with Crippen molar-refractivity contribution in [1.29, 1.82) is 5.26 Å². The molecule has 2 aromatic carbocycles. The molecule has 0 saturated heterocycles. The molecule has 3 heterocycles. The SMILES string of the molecule is Cc1sc(NC(=O)CSc2nc3sc(C)c(-c4ccc(Cl)cc4)c3c(=O)n2-c2ccccc2)c(C#N)c1C. The van der Waals surface area contributed by atoms with E-state index in [9.17, 15) is 14.9 Å². The third-order valence-electron chi connectivity index (χ3n) is 6.10. The third kappa shape index (κ3) is 4.88. The molecular formula is C28H21ClN4O2S3. The predicted molar refractivity (Wildman–Crippen MR) is 158 cm³/mol. The van der Waals surface area contributed by atoms with E-state index < -0.39 is 0 Å². The van der Waals surface area contributed by atoms with E-state index in [0.717, 1.165) is 26.4 Å². The Balaban J connectivity index is 1.56. The number of amides is 1. The van der Waals surface area contributed by atoms with Gasteiger partial charge in [0.2, 0.25) is 5.91 Å². The molecule has 6 nitrogen and oxygen atoms in total. The Morgan fingerprint density at radius 1 is 1.08 bits per heavy atom. The van der Waals surface area contributed by atoms with Crippen LogP contribution in [0.5, 0.6) is 0 Å². The first-order chi connectivity index (χ1) is 18.3. The molecule has 0 unspecified atom stereocenters. The highest BCUT2D eigenvalue weighted by Crippen LogP contribution is 2.37. The molecular weight excluding hydrogens is 556 g/mol. The number of para-hydroxylation sites is 1. The quantitative estimate of drug-likeness (QED) is 0.168. The largest absolute Gasteiger partial charge is 0.316 e. The molecule has 0 radical (unpaired) electrons. The predicted octanol–water partition coefficient (Wildman–Crippen LogP) is 7.36. The smallest absolute Gasteiger partial charge is 0.268 e. The van der Waals surface area contributed by atoms with E-state index in [1.54, 1.807) is 16.7 Å². The highest BCUT2D eigenvalue weighted by atomic mass is 35.5. The molecule has 5 aromatic rings. The van der Waals surface area contributed by atoms with Gasteiger partial charge in [-0.05, 0) is 56.2 Å². The first-order valence-corrected chi connectivity index (χ1v) is 14.6. The van der Waals surface area contributed by atoms with Crippen LogP contribution in [0.3, 0.4) is 0 Å². The zero-order valence-electron chi connectivity index (χ0n) is 20.7. The molecule has 1 N–H and O–H groups in total. The number of nitriles is 1. The van der Waals surface area contributed by atoms with Crippen molar-refractivity contribution in [2.75, 3.05) is 11.1 Å². The number of hydrogen-bond donors (Lipinski definition) is 1. The van der Waals surface area contributed by atoms with Gasteiger partial charge in [0.15, 0.2) is 5.16 Å². The summed E-state index contributed by atoms with van der Waals surface area (Å²) in [6.07, 6.45) is 0. The molecule has 38 heavy (non-hydrogen) atoms. The Kier molecular flexibility index (Phi) is 7.41. The maximum Gasteiger partial charge on any atom is 0.268 e. The first kappa shape index (κ1) is 26.2. The number of aromatic nitrogens is 2. The summed E-state index contributed by atoms with van der Waals surface area (Å²) in [5, 5.41) is 14.5. The highest BCUT2D eigenvalue weighted by Gasteiger charge is 2.22. The third-order valence-corrected chi connectivity index (χ3v) is 9.41. The number of nitrogens with one attached hydrogen (secondary N) is 1. The molecule has 0 spiro atoms. The van der Waals surface area contributed by atoms with Gasteiger partial charge in [0.25, 0.3) is 5.56 Å². The van der Waals surface area contributed by atoms with Crippen LogP contribution in [0.1, 0.15) is 20.9 Å². The molecule has 0 bridgehead atoms. The molecule has 0 aliphatic rings. The van der Waals surface area contributed by atoms with Gasteiger partial charge in [-0.25, -0.2) is 4.98 Å². The lowest BCUT2D eigenvalue weighted by Crippen LogP contribution is -2.22. The van der Waals surface area contributed by atoms with Crippen LogP contribution in [0, 0.1) is 32.1 Å². The second kappa shape index (κ2) is 10.8. The van der Waals surface area contributed by atoms with Crippen molar-refractivity contribution in [2.24, 2.45) is 0 Å².